The molecule has 0 spiro atoms. The fourth-order valence-corrected chi connectivity index (χ4v) is 4.36. The van der Waals surface area contributed by atoms with Gasteiger partial charge in [-0.3, -0.25) is 14.6 Å². The van der Waals surface area contributed by atoms with Crippen LogP contribution in [0.15, 0.2) is 46.4 Å². The normalized spacial score (nSPS) is 15.0. The molecule has 1 saturated heterocycles. The van der Waals surface area contributed by atoms with E-state index in [-0.39, 0.29) is 5.91 Å². The van der Waals surface area contributed by atoms with Gasteiger partial charge in [0.2, 0.25) is 5.91 Å². The Labute approximate surface area is 185 Å². The van der Waals surface area contributed by atoms with Crippen LogP contribution in [0.4, 0.5) is 5.69 Å². The summed E-state index contributed by atoms with van der Waals surface area (Å²) < 4.78 is 15.9. The van der Waals surface area contributed by atoms with Gasteiger partial charge in [0.25, 0.3) is 0 Å². The summed E-state index contributed by atoms with van der Waals surface area (Å²) in [5.41, 5.74) is 1.58. The maximum atomic E-state index is 12.5. The second kappa shape index (κ2) is 9.95. The molecule has 0 atom stereocenters. The van der Waals surface area contributed by atoms with Gasteiger partial charge in [0, 0.05) is 43.3 Å². The number of rotatable bonds is 8. The molecule has 0 saturated carbocycles. The molecule has 9 heteroatoms. The lowest BCUT2D eigenvalue weighted by molar-refractivity contribution is -0.117. The Bertz CT molecular complexity index is 997. The fraction of sp³-hybridized carbons (Fsp3) is 0.364. The van der Waals surface area contributed by atoms with Crippen molar-refractivity contribution in [2.24, 2.45) is 0 Å². The number of thiazole rings is 1. The Hall–Kier alpha value is -2.88. The molecule has 3 heterocycles. The van der Waals surface area contributed by atoms with Gasteiger partial charge in [-0.1, -0.05) is 0 Å². The molecule has 31 heavy (non-hydrogen) atoms. The summed E-state index contributed by atoms with van der Waals surface area (Å²) in [5, 5.41) is 6.04. The molecule has 1 aliphatic heterocycles. The number of furan rings is 1. The lowest BCUT2D eigenvalue weighted by Gasteiger charge is -2.33. The number of methoxy groups -OCH3 is 2. The highest BCUT2D eigenvalue weighted by atomic mass is 32.1. The van der Waals surface area contributed by atoms with Gasteiger partial charge in [0.1, 0.15) is 10.7 Å². The van der Waals surface area contributed by atoms with E-state index in [1.807, 2.05) is 23.6 Å². The van der Waals surface area contributed by atoms with Gasteiger partial charge >= 0.3 is 0 Å². The molecule has 3 aromatic rings. The van der Waals surface area contributed by atoms with E-state index < -0.39 is 0 Å². The van der Waals surface area contributed by atoms with E-state index in [0.29, 0.717) is 23.7 Å². The Kier molecular flexibility index (Phi) is 6.86. The summed E-state index contributed by atoms with van der Waals surface area (Å²) >= 11 is 1.65. The van der Waals surface area contributed by atoms with Crippen molar-refractivity contribution in [3.8, 4) is 23.0 Å². The number of ether oxygens (including phenoxy) is 2. The van der Waals surface area contributed by atoms with E-state index >= 15 is 0 Å². The maximum Gasteiger partial charge on any atom is 0.238 e. The number of hydrogen-bond donors (Lipinski definition) is 1. The van der Waals surface area contributed by atoms with E-state index in [1.165, 1.54) is 0 Å². The number of nitrogens with zero attached hydrogens (tertiary/aromatic N) is 3. The maximum absolute atomic E-state index is 12.5. The molecule has 0 unspecified atom stereocenters. The van der Waals surface area contributed by atoms with Gasteiger partial charge in [0.15, 0.2) is 17.3 Å². The van der Waals surface area contributed by atoms with Crippen LogP contribution in [-0.2, 0) is 11.3 Å². The zero-order valence-corrected chi connectivity index (χ0v) is 18.5. The average molecular weight is 443 g/mol. The van der Waals surface area contributed by atoms with E-state index in [4.69, 9.17) is 13.9 Å². The van der Waals surface area contributed by atoms with Crippen molar-refractivity contribution in [1.29, 1.82) is 0 Å². The molecule has 0 radical (unpaired) electrons. The zero-order chi connectivity index (χ0) is 21.6. The van der Waals surface area contributed by atoms with Gasteiger partial charge in [0.05, 0.1) is 33.6 Å². The molecule has 1 aliphatic rings. The highest BCUT2D eigenvalue weighted by Crippen LogP contribution is 2.29. The molecule has 4 rings (SSSR count). The summed E-state index contributed by atoms with van der Waals surface area (Å²) in [7, 11) is 3.16. The molecule has 1 amide bonds. The second-order valence-corrected chi connectivity index (χ2v) is 8.22. The van der Waals surface area contributed by atoms with Crippen LogP contribution in [0.1, 0.15) is 5.01 Å². The van der Waals surface area contributed by atoms with E-state index in [9.17, 15) is 4.79 Å². The molecule has 1 fully saturated rings. The van der Waals surface area contributed by atoms with Gasteiger partial charge < -0.3 is 19.2 Å². The third-order valence-corrected chi connectivity index (χ3v) is 6.02. The first-order valence-corrected chi connectivity index (χ1v) is 11.0. The van der Waals surface area contributed by atoms with Crippen molar-refractivity contribution in [2.45, 2.75) is 6.54 Å². The molecular weight excluding hydrogens is 416 g/mol. The molecule has 8 nitrogen and oxygen atoms in total. The summed E-state index contributed by atoms with van der Waals surface area (Å²) in [6.07, 6.45) is 1.66. The summed E-state index contributed by atoms with van der Waals surface area (Å²) in [4.78, 5) is 21.7. The minimum atomic E-state index is -0.0383. The van der Waals surface area contributed by atoms with Crippen LogP contribution in [-0.4, -0.2) is 67.6 Å². The molecule has 2 aromatic heterocycles. The van der Waals surface area contributed by atoms with Crippen molar-refractivity contribution in [1.82, 2.24) is 14.8 Å². The third kappa shape index (κ3) is 5.43. The smallest absolute Gasteiger partial charge is 0.238 e. The van der Waals surface area contributed by atoms with Crippen LogP contribution in [0.3, 0.4) is 0 Å². The number of carbonyl (C=O) groups is 1. The first kappa shape index (κ1) is 21.4. The molecule has 164 valence electrons. The van der Waals surface area contributed by atoms with Crippen molar-refractivity contribution in [3.05, 3.63) is 47.0 Å². The van der Waals surface area contributed by atoms with Gasteiger partial charge in [-0.15, -0.1) is 11.3 Å². The lowest BCUT2D eigenvalue weighted by atomic mass is 10.2. The van der Waals surface area contributed by atoms with Gasteiger partial charge in [-0.25, -0.2) is 4.98 Å². The average Bonchev–Trinajstić information content (AvgIpc) is 3.47. The first-order chi connectivity index (χ1) is 15.1. The lowest BCUT2D eigenvalue weighted by Crippen LogP contribution is -2.48. The van der Waals surface area contributed by atoms with Crippen molar-refractivity contribution in [2.75, 3.05) is 52.3 Å². The van der Waals surface area contributed by atoms with E-state index in [0.717, 1.165) is 49.2 Å². The minimum Gasteiger partial charge on any atom is -0.493 e. The monoisotopic (exact) mass is 442 g/mol. The molecule has 0 bridgehead atoms. The summed E-state index contributed by atoms with van der Waals surface area (Å²) in [6.45, 7) is 4.67. The molecule has 0 aliphatic carbocycles. The van der Waals surface area contributed by atoms with Crippen LogP contribution in [0, 0.1) is 0 Å². The molecule has 1 N–H and O–H groups in total. The van der Waals surface area contributed by atoms with Crippen molar-refractivity contribution < 1.29 is 18.7 Å². The third-order valence-electron chi connectivity index (χ3n) is 5.18. The summed E-state index contributed by atoms with van der Waals surface area (Å²) in [5.74, 6) is 1.98. The minimum absolute atomic E-state index is 0.0383. The number of carbonyl (C=O) groups excluding carboxylic acids is 1. The topological polar surface area (TPSA) is 80.1 Å². The van der Waals surface area contributed by atoms with Crippen LogP contribution >= 0.6 is 11.3 Å². The highest BCUT2D eigenvalue weighted by Gasteiger charge is 2.20. The van der Waals surface area contributed by atoms with Crippen LogP contribution < -0.4 is 14.8 Å². The number of anilines is 1. The Morgan fingerprint density at radius 3 is 2.61 bits per heavy atom. The van der Waals surface area contributed by atoms with Crippen LogP contribution in [0.25, 0.3) is 11.5 Å². The van der Waals surface area contributed by atoms with Gasteiger partial charge in [-0.2, -0.15) is 0 Å². The second-order valence-electron chi connectivity index (χ2n) is 7.27. The largest absolute Gasteiger partial charge is 0.493 e. The van der Waals surface area contributed by atoms with Crippen LogP contribution in [0.5, 0.6) is 11.5 Å². The van der Waals surface area contributed by atoms with E-state index in [2.05, 4.69) is 20.1 Å². The Balaban J connectivity index is 1.23. The quantitative estimate of drug-likeness (QED) is 0.574. The predicted octanol–water partition coefficient (Wildman–Crippen LogP) is 3.18. The number of piperazine rings is 1. The standard InChI is InChI=1S/C22H26N4O4S/c1-28-19-6-5-16(12-20(19)29-2)23-21(27)13-25-7-9-26(10-8-25)14-22-24-17(15-31-22)18-4-3-11-30-18/h3-6,11-12,15H,7-10,13-14H2,1-2H3,(H,23,27). The Morgan fingerprint density at radius 1 is 1.13 bits per heavy atom. The number of benzene rings is 1. The number of amides is 1. The number of nitrogens with one attached hydrogen (secondary N) is 1. The molecule has 1 aromatic carbocycles. The number of aromatic nitrogens is 1. The fourth-order valence-electron chi connectivity index (χ4n) is 3.54. The first-order valence-electron chi connectivity index (χ1n) is 10.1. The zero-order valence-electron chi connectivity index (χ0n) is 17.7. The summed E-state index contributed by atoms with van der Waals surface area (Å²) in [6, 6.07) is 9.14. The van der Waals surface area contributed by atoms with Gasteiger partial charge in [-0.05, 0) is 24.3 Å². The highest BCUT2D eigenvalue weighted by molar-refractivity contribution is 7.09. The van der Waals surface area contributed by atoms with Crippen LogP contribution in [0.2, 0.25) is 0 Å². The SMILES string of the molecule is COc1ccc(NC(=O)CN2CCN(Cc3nc(-c4ccco4)cs3)CC2)cc1OC. The number of hydrogen-bond acceptors (Lipinski definition) is 8. The van der Waals surface area contributed by atoms with Crippen molar-refractivity contribution >= 4 is 22.9 Å². The van der Waals surface area contributed by atoms with Crippen molar-refractivity contribution in [3.63, 3.8) is 0 Å². The molecular formula is C22H26N4O4S. The predicted molar refractivity (Wildman–Crippen MR) is 120 cm³/mol. The van der Waals surface area contributed by atoms with E-state index in [1.54, 1.807) is 44.0 Å². The Morgan fingerprint density at radius 2 is 1.90 bits per heavy atom.